The highest BCUT2D eigenvalue weighted by Gasteiger charge is 2.17. The fraction of sp³-hybridized carbons (Fsp3) is 0.636. The van der Waals surface area contributed by atoms with Crippen LogP contribution in [0.15, 0.2) is 0 Å². The van der Waals surface area contributed by atoms with E-state index < -0.39 is 0 Å². The average Bonchev–Trinajstić information content (AvgIpc) is 2.70. The minimum absolute atomic E-state index is 0.0645. The number of aromatic amines is 1. The highest BCUT2D eigenvalue weighted by Crippen LogP contribution is 2.19. The molecule has 88 valence electrons. The minimum Gasteiger partial charge on any atom is -0.311 e. The van der Waals surface area contributed by atoms with Gasteiger partial charge in [0.05, 0.1) is 5.69 Å². The number of nitrogens with zero attached hydrogens (tertiary/aromatic N) is 1. The van der Waals surface area contributed by atoms with E-state index in [1.165, 1.54) is 0 Å². The predicted octanol–water partition coefficient (Wildman–Crippen LogP) is 1.18. The highest BCUT2D eigenvalue weighted by atomic mass is 16.1. The molecule has 0 saturated carbocycles. The normalized spacial score (nSPS) is 14.6. The Bertz CT molecular complexity index is 372. The Morgan fingerprint density at radius 1 is 1.56 bits per heavy atom. The molecule has 16 heavy (non-hydrogen) atoms. The lowest BCUT2D eigenvalue weighted by Crippen LogP contribution is -2.24. The van der Waals surface area contributed by atoms with Crippen molar-refractivity contribution in [1.29, 1.82) is 0 Å². The smallest absolute Gasteiger partial charge is 0.225 e. The number of aromatic nitrogens is 2. The van der Waals surface area contributed by atoms with E-state index in [0.29, 0.717) is 6.42 Å². The van der Waals surface area contributed by atoms with Crippen molar-refractivity contribution in [1.82, 2.24) is 15.5 Å². The summed E-state index contributed by atoms with van der Waals surface area (Å²) in [6.45, 7) is 3.84. The molecule has 0 saturated heterocycles. The molecule has 1 amide bonds. The lowest BCUT2D eigenvalue weighted by molar-refractivity contribution is -0.116. The van der Waals surface area contributed by atoms with E-state index in [1.807, 2.05) is 0 Å². The summed E-state index contributed by atoms with van der Waals surface area (Å²) in [5, 5.41) is 13.2. The maximum Gasteiger partial charge on any atom is 0.225 e. The van der Waals surface area contributed by atoms with Crippen molar-refractivity contribution in [2.45, 2.75) is 39.2 Å². The van der Waals surface area contributed by atoms with Crippen molar-refractivity contribution in [3.8, 4) is 0 Å². The quantitative estimate of drug-likeness (QED) is 0.716. The van der Waals surface area contributed by atoms with Crippen molar-refractivity contribution in [3.63, 3.8) is 0 Å². The number of anilines is 1. The van der Waals surface area contributed by atoms with E-state index in [1.54, 1.807) is 0 Å². The van der Waals surface area contributed by atoms with Gasteiger partial charge in [-0.05, 0) is 19.4 Å². The largest absolute Gasteiger partial charge is 0.311 e. The van der Waals surface area contributed by atoms with E-state index >= 15 is 0 Å². The maximum absolute atomic E-state index is 11.6. The molecular weight excluding hydrogens is 204 g/mol. The van der Waals surface area contributed by atoms with Crippen LogP contribution in [-0.2, 0) is 17.8 Å². The zero-order valence-corrected chi connectivity index (χ0v) is 9.60. The van der Waals surface area contributed by atoms with Crippen LogP contribution in [-0.4, -0.2) is 22.6 Å². The first-order valence-electron chi connectivity index (χ1n) is 5.88. The zero-order chi connectivity index (χ0) is 11.4. The standard InChI is InChI=1S/C11H18N4O/c1-2-3-4-10(16)13-11-8-5-6-12-7-9(8)14-15-11/h12H,2-7H2,1H3,(H2,13,14,15,16). The fourth-order valence-electron chi connectivity index (χ4n) is 1.88. The van der Waals surface area contributed by atoms with Crippen LogP contribution in [0.5, 0.6) is 0 Å². The summed E-state index contributed by atoms with van der Waals surface area (Å²) in [4.78, 5) is 11.6. The molecule has 5 nitrogen and oxygen atoms in total. The van der Waals surface area contributed by atoms with Gasteiger partial charge in [0.15, 0.2) is 5.82 Å². The number of carbonyl (C=O) groups is 1. The van der Waals surface area contributed by atoms with Gasteiger partial charge in [-0.2, -0.15) is 5.10 Å². The highest BCUT2D eigenvalue weighted by molar-refractivity contribution is 5.90. The Kier molecular flexibility index (Phi) is 3.56. The Balaban J connectivity index is 1.99. The first-order valence-corrected chi connectivity index (χ1v) is 5.88. The van der Waals surface area contributed by atoms with Gasteiger partial charge < -0.3 is 10.6 Å². The van der Waals surface area contributed by atoms with Crippen LogP contribution in [0.1, 0.15) is 37.4 Å². The zero-order valence-electron chi connectivity index (χ0n) is 9.60. The minimum atomic E-state index is 0.0645. The molecule has 0 bridgehead atoms. The number of rotatable bonds is 4. The number of nitrogens with one attached hydrogen (secondary N) is 3. The molecule has 2 rings (SSSR count). The molecule has 0 aromatic carbocycles. The summed E-state index contributed by atoms with van der Waals surface area (Å²) >= 11 is 0. The molecule has 0 radical (unpaired) electrons. The molecule has 3 N–H and O–H groups in total. The summed E-state index contributed by atoms with van der Waals surface area (Å²) in [5.41, 5.74) is 2.25. The molecule has 0 fully saturated rings. The van der Waals surface area contributed by atoms with E-state index in [9.17, 15) is 4.79 Å². The number of hydrogen-bond acceptors (Lipinski definition) is 3. The van der Waals surface area contributed by atoms with E-state index in [2.05, 4.69) is 27.8 Å². The molecule has 0 aliphatic carbocycles. The third-order valence-electron chi connectivity index (χ3n) is 2.82. The van der Waals surface area contributed by atoms with Crippen LogP contribution >= 0.6 is 0 Å². The molecule has 2 heterocycles. The molecule has 1 aromatic rings. The molecule has 0 spiro atoms. The average molecular weight is 222 g/mol. The van der Waals surface area contributed by atoms with Gasteiger partial charge >= 0.3 is 0 Å². The van der Waals surface area contributed by atoms with Crippen molar-refractivity contribution in [3.05, 3.63) is 11.3 Å². The topological polar surface area (TPSA) is 69.8 Å². The van der Waals surface area contributed by atoms with Crippen LogP contribution < -0.4 is 10.6 Å². The van der Waals surface area contributed by atoms with Gasteiger partial charge in [-0.15, -0.1) is 0 Å². The molecule has 1 aromatic heterocycles. The second-order valence-electron chi connectivity index (χ2n) is 4.11. The number of amides is 1. The second kappa shape index (κ2) is 5.12. The second-order valence-corrected chi connectivity index (χ2v) is 4.11. The van der Waals surface area contributed by atoms with Gasteiger partial charge in [-0.1, -0.05) is 13.3 Å². The lowest BCUT2D eigenvalue weighted by Gasteiger charge is -2.12. The molecule has 0 unspecified atom stereocenters. The Morgan fingerprint density at radius 3 is 3.25 bits per heavy atom. The molecular formula is C11H18N4O. The van der Waals surface area contributed by atoms with Crippen molar-refractivity contribution < 1.29 is 4.79 Å². The summed E-state index contributed by atoms with van der Waals surface area (Å²) in [6.07, 6.45) is 3.47. The summed E-state index contributed by atoms with van der Waals surface area (Å²) in [7, 11) is 0. The van der Waals surface area contributed by atoms with Crippen LogP contribution in [0.4, 0.5) is 5.82 Å². The lowest BCUT2D eigenvalue weighted by atomic mass is 10.1. The van der Waals surface area contributed by atoms with Crippen LogP contribution in [0.25, 0.3) is 0 Å². The molecule has 1 aliphatic heterocycles. The SMILES string of the molecule is CCCCC(=O)Nc1n[nH]c2c1CCNC2. The fourth-order valence-corrected chi connectivity index (χ4v) is 1.88. The van der Waals surface area contributed by atoms with Gasteiger partial charge in [0, 0.05) is 18.5 Å². The Labute approximate surface area is 95.0 Å². The van der Waals surface area contributed by atoms with Gasteiger partial charge in [0.2, 0.25) is 5.91 Å². The van der Waals surface area contributed by atoms with E-state index in [4.69, 9.17) is 0 Å². The third kappa shape index (κ3) is 2.41. The Hall–Kier alpha value is -1.36. The first-order chi connectivity index (χ1) is 7.81. The number of unbranched alkanes of at least 4 members (excludes halogenated alkanes) is 1. The van der Waals surface area contributed by atoms with Crippen molar-refractivity contribution in [2.24, 2.45) is 0 Å². The first kappa shape index (κ1) is 11.1. The molecule has 1 aliphatic rings. The van der Waals surface area contributed by atoms with Crippen molar-refractivity contribution >= 4 is 11.7 Å². The number of hydrogen-bond donors (Lipinski definition) is 3. The molecule has 5 heteroatoms. The van der Waals surface area contributed by atoms with Crippen LogP contribution in [0, 0.1) is 0 Å². The number of fused-ring (bicyclic) bond motifs is 1. The number of H-pyrrole nitrogens is 1. The van der Waals surface area contributed by atoms with E-state index in [-0.39, 0.29) is 5.91 Å². The van der Waals surface area contributed by atoms with Gasteiger partial charge in [-0.25, -0.2) is 0 Å². The predicted molar refractivity (Wildman–Crippen MR) is 62.2 cm³/mol. The summed E-state index contributed by atoms with van der Waals surface area (Å²) < 4.78 is 0. The van der Waals surface area contributed by atoms with Crippen molar-refractivity contribution in [2.75, 3.05) is 11.9 Å². The monoisotopic (exact) mass is 222 g/mol. The van der Waals surface area contributed by atoms with Gasteiger partial charge in [-0.3, -0.25) is 9.89 Å². The summed E-state index contributed by atoms with van der Waals surface area (Å²) in [5.74, 6) is 0.785. The summed E-state index contributed by atoms with van der Waals surface area (Å²) in [6, 6.07) is 0. The van der Waals surface area contributed by atoms with Gasteiger partial charge in [0.25, 0.3) is 0 Å². The van der Waals surface area contributed by atoms with E-state index in [0.717, 1.165) is 49.4 Å². The maximum atomic E-state index is 11.6. The van der Waals surface area contributed by atoms with Crippen LogP contribution in [0.3, 0.4) is 0 Å². The number of carbonyl (C=O) groups excluding carboxylic acids is 1. The molecule has 0 atom stereocenters. The van der Waals surface area contributed by atoms with Crippen LogP contribution in [0.2, 0.25) is 0 Å². The Morgan fingerprint density at radius 2 is 2.44 bits per heavy atom. The third-order valence-corrected chi connectivity index (χ3v) is 2.82. The van der Waals surface area contributed by atoms with Gasteiger partial charge in [0.1, 0.15) is 0 Å².